The van der Waals surface area contributed by atoms with Crippen molar-refractivity contribution in [3.8, 4) is 0 Å². The minimum atomic E-state index is 0.765. The molecule has 0 aliphatic heterocycles. The third-order valence-electron chi connectivity index (χ3n) is 4.25. The van der Waals surface area contributed by atoms with Gasteiger partial charge in [0.05, 0.1) is 0 Å². The summed E-state index contributed by atoms with van der Waals surface area (Å²) in [7, 11) is 0. The summed E-state index contributed by atoms with van der Waals surface area (Å²) in [5, 5.41) is 3.56. The molecule has 3 nitrogen and oxygen atoms in total. The Bertz CT molecular complexity index is 450. The molecule has 1 aromatic rings. The van der Waals surface area contributed by atoms with Gasteiger partial charge in [-0.15, -0.1) is 0 Å². The predicted molar refractivity (Wildman–Crippen MR) is 84.1 cm³/mol. The van der Waals surface area contributed by atoms with Gasteiger partial charge in [-0.2, -0.15) is 0 Å². The Kier molecular flexibility index (Phi) is 4.25. The lowest BCUT2D eigenvalue weighted by molar-refractivity contribution is 0.679. The Hall–Kier alpha value is -1.09. The maximum Gasteiger partial charge on any atom is 0.131 e. The molecule has 2 saturated carbocycles. The van der Waals surface area contributed by atoms with Crippen molar-refractivity contribution in [1.82, 2.24) is 10.3 Å². The summed E-state index contributed by atoms with van der Waals surface area (Å²) in [6.07, 6.45) is 8.75. The van der Waals surface area contributed by atoms with Crippen molar-refractivity contribution in [3.63, 3.8) is 0 Å². The molecule has 2 aliphatic carbocycles. The second kappa shape index (κ2) is 6.13. The molecule has 0 aromatic carbocycles. The van der Waals surface area contributed by atoms with E-state index in [1.807, 2.05) is 0 Å². The first-order chi connectivity index (χ1) is 9.76. The maximum atomic E-state index is 4.76. The van der Waals surface area contributed by atoms with E-state index in [9.17, 15) is 0 Å². The van der Waals surface area contributed by atoms with Crippen LogP contribution < -0.4 is 10.2 Å². The van der Waals surface area contributed by atoms with E-state index in [1.165, 1.54) is 55.6 Å². The fourth-order valence-corrected chi connectivity index (χ4v) is 2.77. The summed E-state index contributed by atoms with van der Waals surface area (Å²) in [6, 6.07) is 3.08. The molecule has 110 valence electrons. The first-order valence-electron chi connectivity index (χ1n) is 8.20. The third-order valence-corrected chi connectivity index (χ3v) is 4.25. The van der Waals surface area contributed by atoms with E-state index in [1.54, 1.807) is 0 Å². The largest absolute Gasteiger partial charge is 0.356 e. The molecular formula is C17H27N3. The van der Waals surface area contributed by atoms with Crippen LogP contribution in [0.25, 0.3) is 0 Å². The van der Waals surface area contributed by atoms with Gasteiger partial charge in [0, 0.05) is 31.9 Å². The lowest BCUT2D eigenvalue weighted by Gasteiger charge is -2.25. The Balaban J connectivity index is 1.66. The van der Waals surface area contributed by atoms with Crippen molar-refractivity contribution in [3.05, 3.63) is 23.4 Å². The highest BCUT2D eigenvalue weighted by molar-refractivity contribution is 5.47. The minimum absolute atomic E-state index is 0.765. The van der Waals surface area contributed by atoms with Gasteiger partial charge in [0.2, 0.25) is 0 Å². The van der Waals surface area contributed by atoms with Crippen molar-refractivity contribution < 1.29 is 0 Å². The third kappa shape index (κ3) is 3.72. The van der Waals surface area contributed by atoms with Gasteiger partial charge in [-0.25, -0.2) is 4.98 Å². The molecule has 3 heteroatoms. The lowest BCUT2D eigenvalue weighted by atomic mass is 10.2. The average molecular weight is 273 g/mol. The number of hydrogen-bond acceptors (Lipinski definition) is 3. The van der Waals surface area contributed by atoms with Crippen LogP contribution in [0.3, 0.4) is 0 Å². The SMILES string of the molecule is CCCN(CC1CC1)c1ncc(CNC2CC2)cc1C. The topological polar surface area (TPSA) is 28.2 Å². The molecule has 0 spiro atoms. The molecule has 2 fully saturated rings. The van der Waals surface area contributed by atoms with Gasteiger partial charge >= 0.3 is 0 Å². The summed E-state index contributed by atoms with van der Waals surface area (Å²) in [5.41, 5.74) is 2.65. The van der Waals surface area contributed by atoms with Gasteiger partial charge in [0.1, 0.15) is 5.82 Å². The number of anilines is 1. The van der Waals surface area contributed by atoms with Crippen LogP contribution in [-0.2, 0) is 6.54 Å². The summed E-state index contributed by atoms with van der Waals surface area (Å²) in [5.74, 6) is 2.12. The number of hydrogen-bond donors (Lipinski definition) is 1. The molecule has 0 unspecified atom stereocenters. The molecule has 0 radical (unpaired) electrons. The fourth-order valence-electron chi connectivity index (χ4n) is 2.77. The van der Waals surface area contributed by atoms with E-state index in [0.29, 0.717) is 0 Å². The van der Waals surface area contributed by atoms with E-state index in [0.717, 1.165) is 25.0 Å². The normalized spacial score (nSPS) is 18.3. The summed E-state index contributed by atoms with van der Waals surface area (Å²) < 4.78 is 0. The van der Waals surface area contributed by atoms with Crippen LogP contribution in [0, 0.1) is 12.8 Å². The minimum Gasteiger partial charge on any atom is -0.356 e. The van der Waals surface area contributed by atoms with Crippen molar-refractivity contribution in [2.75, 3.05) is 18.0 Å². The molecule has 2 aliphatic rings. The number of rotatable bonds is 8. The fraction of sp³-hybridized carbons (Fsp3) is 0.706. The molecule has 1 N–H and O–H groups in total. The van der Waals surface area contributed by atoms with Crippen molar-refractivity contribution in [2.24, 2.45) is 5.92 Å². The highest BCUT2D eigenvalue weighted by atomic mass is 15.2. The van der Waals surface area contributed by atoms with Crippen LogP contribution in [0.1, 0.15) is 50.2 Å². The Morgan fingerprint density at radius 1 is 1.30 bits per heavy atom. The van der Waals surface area contributed by atoms with Gasteiger partial charge in [-0.3, -0.25) is 0 Å². The molecule has 1 heterocycles. The monoisotopic (exact) mass is 273 g/mol. The lowest BCUT2D eigenvalue weighted by Crippen LogP contribution is -2.28. The van der Waals surface area contributed by atoms with Crippen LogP contribution in [-0.4, -0.2) is 24.1 Å². The van der Waals surface area contributed by atoms with Gasteiger partial charge in [-0.1, -0.05) is 6.92 Å². The van der Waals surface area contributed by atoms with Crippen LogP contribution in [0.2, 0.25) is 0 Å². The number of aryl methyl sites for hydroxylation is 1. The van der Waals surface area contributed by atoms with Gasteiger partial charge in [0.15, 0.2) is 0 Å². The zero-order valence-electron chi connectivity index (χ0n) is 12.9. The number of pyridine rings is 1. The van der Waals surface area contributed by atoms with Crippen molar-refractivity contribution in [2.45, 2.75) is 58.5 Å². The Labute approximate surface area is 122 Å². The molecule has 20 heavy (non-hydrogen) atoms. The molecule has 3 rings (SSSR count). The molecule has 0 saturated heterocycles. The molecule has 0 bridgehead atoms. The quantitative estimate of drug-likeness (QED) is 0.788. The van der Waals surface area contributed by atoms with Crippen LogP contribution in [0.5, 0.6) is 0 Å². The second-order valence-electron chi connectivity index (χ2n) is 6.53. The highest BCUT2D eigenvalue weighted by Crippen LogP contribution is 2.32. The molecule has 0 amide bonds. The summed E-state index contributed by atoms with van der Waals surface area (Å²) >= 11 is 0. The molecule has 1 aromatic heterocycles. The van der Waals surface area contributed by atoms with Gasteiger partial charge in [-0.05, 0) is 62.1 Å². The van der Waals surface area contributed by atoms with Crippen LogP contribution in [0.4, 0.5) is 5.82 Å². The number of nitrogens with zero attached hydrogens (tertiary/aromatic N) is 2. The smallest absolute Gasteiger partial charge is 0.131 e. The van der Waals surface area contributed by atoms with Crippen molar-refractivity contribution in [1.29, 1.82) is 0 Å². The average Bonchev–Trinajstić information content (AvgIpc) is 3.31. The number of aromatic nitrogens is 1. The predicted octanol–water partition coefficient (Wildman–Crippen LogP) is 3.27. The van der Waals surface area contributed by atoms with E-state index < -0.39 is 0 Å². The van der Waals surface area contributed by atoms with E-state index in [-0.39, 0.29) is 0 Å². The second-order valence-corrected chi connectivity index (χ2v) is 6.53. The van der Waals surface area contributed by atoms with E-state index in [2.05, 4.69) is 36.3 Å². The van der Waals surface area contributed by atoms with Crippen molar-refractivity contribution >= 4 is 5.82 Å². The number of nitrogens with one attached hydrogen (secondary N) is 1. The van der Waals surface area contributed by atoms with Crippen LogP contribution >= 0.6 is 0 Å². The van der Waals surface area contributed by atoms with E-state index >= 15 is 0 Å². The summed E-state index contributed by atoms with van der Waals surface area (Å²) in [6.45, 7) is 7.75. The van der Waals surface area contributed by atoms with Crippen LogP contribution in [0.15, 0.2) is 12.3 Å². The summed E-state index contributed by atoms with van der Waals surface area (Å²) in [4.78, 5) is 7.25. The first kappa shape index (κ1) is 13.9. The Morgan fingerprint density at radius 2 is 2.10 bits per heavy atom. The molecular weight excluding hydrogens is 246 g/mol. The van der Waals surface area contributed by atoms with Gasteiger partial charge in [0.25, 0.3) is 0 Å². The van der Waals surface area contributed by atoms with Gasteiger partial charge < -0.3 is 10.2 Å². The van der Waals surface area contributed by atoms with E-state index in [4.69, 9.17) is 4.98 Å². The first-order valence-corrected chi connectivity index (χ1v) is 8.20. The maximum absolute atomic E-state index is 4.76. The molecule has 0 atom stereocenters. The zero-order valence-corrected chi connectivity index (χ0v) is 12.9. The standard InChI is InChI=1S/C17H27N3/c1-3-8-20(12-14-4-5-14)17-13(2)9-15(11-19-17)10-18-16-6-7-16/h9,11,14,16,18H,3-8,10,12H2,1-2H3. The highest BCUT2D eigenvalue weighted by Gasteiger charge is 2.25. The zero-order chi connectivity index (χ0) is 13.9. The Morgan fingerprint density at radius 3 is 2.70 bits per heavy atom.